The van der Waals surface area contributed by atoms with E-state index in [0.29, 0.717) is 30.1 Å². The van der Waals surface area contributed by atoms with E-state index < -0.39 is 9.84 Å². The molecule has 150 valence electrons. The van der Waals surface area contributed by atoms with Crippen LogP contribution in [0, 0.1) is 5.92 Å². The molecule has 6 nitrogen and oxygen atoms in total. The van der Waals surface area contributed by atoms with Gasteiger partial charge in [-0.3, -0.25) is 9.89 Å². The fourth-order valence-electron chi connectivity index (χ4n) is 4.07. The molecule has 0 spiro atoms. The summed E-state index contributed by atoms with van der Waals surface area (Å²) in [6, 6.07) is 11.5. The van der Waals surface area contributed by atoms with Crippen molar-refractivity contribution in [2.45, 2.75) is 44.8 Å². The van der Waals surface area contributed by atoms with Crippen molar-refractivity contribution in [1.29, 1.82) is 0 Å². The Labute approximate surface area is 163 Å². The van der Waals surface area contributed by atoms with Crippen LogP contribution in [-0.2, 0) is 16.4 Å². The molecule has 2 heterocycles. The molecule has 1 aromatic carbocycles. The van der Waals surface area contributed by atoms with Crippen LogP contribution in [0.25, 0.3) is 0 Å². The summed E-state index contributed by atoms with van der Waals surface area (Å²) in [6.07, 6.45) is 2.91. The molecule has 7 heteroatoms. The minimum atomic E-state index is -2.82. The monoisotopic (exact) mass is 392 g/mol. The van der Waals surface area contributed by atoms with Gasteiger partial charge in [0.1, 0.15) is 0 Å². The van der Waals surface area contributed by atoms with Gasteiger partial charge in [0, 0.05) is 38.8 Å². The lowest BCUT2D eigenvalue weighted by Crippen LogP contribution is -2.51. The summed E-state index contributed by atoms with van der Waals surface area (Å²) in [6.45, 7) is 5.01. The number of sulfone groups is 1. The molecule has 1 aromatic rings. The Hall–Kier alpha value is -1.60. The molecule has 2 aliphatic heterocycles. The largest absolute Gasteiger partial charge is 0.356 e. The van der Waals surface area contributed by atoms with E-state index in [-0.39, 0.29) is 5.92 Å². The number of rotatable bonds is 5. The Morgan fingerprint density at radius 3 is 2.67 bits per heavy atom. The van der Waals surface area contributed by atoms with Crippen molar-refractivity contribution in [1.82, 2.24) is 15.5 Å². The van der Waals surface area contributed by atoms with Gasteiger partial charge in [-0.05, 0) is 37.7 Å². The van der Waals surface area contributed by atoms with Crippen LogP contribution in [-0.4, -0.2) is 63.0 Å². The van der Waals surface area contributed by atoms with Crippen molar-refractivity contribution in [3.8, 4) is 0 Å². The molecule has 0 aliphatic carbocycles. The first kappa shape index (κ1) is 20.1. The Kier molecular flexibility index (Phi) is 6.76. The van der Waals surface area contributed by atoms with Gasteiger partial charge in [0.05, 0.1) is 11.5 Å². The fourth-order valence-corrected chi connectivity index (χ4v) is 5.93. The molecule has 2 N–H and O–H groups in total. The molecular weight excluding hydrogens is 360 g/mol. The number of hydrogen-bond acceptors (Lipinski definition) is 4. The number of piperidine rings is 1. The van der Waals surface area contributed by atoms with Crippen molar-refractivity contribution in [3.63, 3.8) is 0 Å². The van der Waals surface area contributed by atoms with E-state index in [4.69, 9.17) is 0 Å². The summed E-state index contributed by atoms with van der Waals surface area (Å²) in [7, 11) is -1.05. The molecule has 27 heavy (non-hydrogen) atoms. The highest BCUT2D eigenvalue weighted by Gasteiger charge is 2.29. The highest BCUT2D eigenvalue weighted by atomic mass is 32.2. The summed E-state index contributed by atoms with van der Waals surface area (Å²) < 4.78 is 23.2. The van der Waals surface area contributed by atoms with Crippen molar-refractivity contribution in [3.05, 3.63) is 35.9 Å². The van der Waals surface area contributed by atoms with Gasteiger partial charge in [0.25, 0.3) is 0 Å². The van der Waals surface area contributed by atoms with Crippen LogP contribution in [0.15, 0.2) is 35.3 Å². The Balaban J connectivity index is 1.44. The van der Waals surface area contributed by atoms with Crippen LogP contribution in [0.1, 0.15) is 31.7 Å². The Bertz CT molecular complexity index is 736. The van der Waals surface area contributed by atoms with E-state index in [1.54, 1.807) is 7.05 Å². The maximum Gasteiger partial charge on any atom is 0.191 e. The number of benzene rings is 1. The zero-order valence-electron chi connectivity index (χ0n) is 16.4. The Morgan fingerprint density at radius 2 is 2.04 bits per heavy atom. The predicted octanol–water partition coefficient (Wildman–Crippen LogP) is 1.64. The fraction of sp³-hybridized carbons (Fsp3) is 0.650. The molecule has 0 aromatic heterocycles. The topological polar surface area (TPSA) is 73.8 Å². The summed E-state index contributed by atoms with van der Waals surface area (Å²) >= 11 is 0. The number of nitrogens with one attached hydrogen (secondary N) is 2. The number of hydrogen-bond donors (Lipinski definition) is 2. The average molecular weight is 393 g/mol. The van der Waals surface area contributed by atoms with Crippen molar-refractivity contribution in [2.24, 2.45) is 10.9 Å². The lowest BCUT2D eigenvalue weighted by molar-refractivity contribution is 0.134. The second kappa shape index (κ2) is 9.06. The summed E-state index contributed by atoms with van der Waals surface area (Å²) in [5.41, 5.74) is 1.36. The van der Waals surface area contributed by atoms with Crippen LogP contribution in [0.2, 0.25) is 0 Å². The lowest BCUT2D eigenvalue weighted by Gasteiger charge is -2.38. The molecule has 2 fully saturated rings. The third kappa shape index (κ3) is 5.94. The normalized spacial score (nSPS) is 28.8. The quantitative estimate of drug-likeness (QED) is 0.589. The third-order valence-electron chi connectivity index (χ3n) is 5.69. The smallest absolute Gasteiger partial charge is 0.191 e. The molecule has 0 radical (unpaired) electrons. The third-order valence-corrected chi connectivity index (χ3v) is 7.53. The van der Waals surface area contributed by atoms with Gasteiger partial charge in [-0.25, -0.2) is 8.42 Å². The highest BCUT2D eigenvalue weighted by Crippen LogP contribution is 2.20. The SMILES string of the molecule is CN=C(NCC1CCS(=O)(=O)C1)NC1CCN(Cc2ccccc2)C(C)C1. The van der Waals surface area contributed by atoms with E-state index in [1.165, 1.54) is 5.56 Å². The van der Waals surface area contributed by atoms with E-state index in [0.717, 1.165) is 38.3 Å². The van der Waals surface area contributed by atoms with E-state index in [2.05, 4.69) is 57.8 Å². The molecule has 3 atom stereocenters. The van der Waals surface area contributed by atoms with E-state index >= 15 is 0 Å². The van der Waals surface area contributed by atoms with Gasteiger partial charge < -0.3 is 10.6 Å². The summed E-state index contributed by atoms with van der Waals surface area (Å²) in [4.78, 5) is 6.86. The number of guanidine groups is 1. The molecule has 0 amide bonds. The van der Waals surface area contributed by atoms with Crippen LogP contribution >= 0.6 is 0 Å². The average Bonchev–Trinajstić information content (AvgIpc) is 3.00. The maximum atomic E-state index is 11.6. The van der Waals surface area contributed by atoms with Crippen LogP contribution in [0.4, 0.5) is 0 Å². The second-order valence-corrected chi connectivity index (χ2v) is 10.1. The molecule has 3 unspecified atom stereocenters. The zero-order valence-corrected chi connectivity index (χ0v) is 17.2. The van der Waals surface area contributed by atoms with Crippen LogP contribution < -0.4 is 10.6 Å². The minimum Gasteiger partial charge on any atom is -0.356 e. The first-order chi connectivity index (χ1) is 12.9. The standard InChI is InChI=1S/C20H32N4O2S/c1-16-12-19(8-10-24(16)14-17-6-4-3-5-7-17)23-20(21-2)22-13-18-9-11-27(25,26)15-18/h3-7,16,18-19H,8-15H2,1-2H3,(H2,21,22,23). The van der Waals surface area contributed by atoms with Gasteiger partial charge in [0.2, 0.25) is 0 Å². The second-order valence-electron chi connectivity index (χ2n) is 7.89. The summed E-state index contributed by atoms with van der Waals surface area (Å²) in [5.74, 6) is 1.60. The number of likely N-dealkylation sites (tertiary alicyclic amines) is 1. The lowest BCUT2D eigenvalue weighted by atomic mass is 9.97. The minimum absolute atomic E-state index is 0.195. The first-order valence-electron chi connectivity index (χ1n) is 9.91. The predicted molar refractivity (Wildman–Crippen MR) is 111 cm³/mol. The molecule has 3 rings (SSSR count). The van der Waals surface area contributed by atoms with Crippen molar-refractivity contribution in [2.75, 3.05) is 31.6 Å². The molecular formula is C20H32N4O2S. The van der Waals surface area contributed by atoms with Crippen LogP contribution in [0.5, 0.6) is 0 Å². The molecule has 2 saturated heterocycles. The highest BCUT2D eigenvalue weighted by molar-refractivity contribution is 7.91. The van der Waals surface area contributed by atoms with Gasteiger partial charge in [-0.2, -0.15) is 0 Å². The van der Waals surface area contributed by atoms with Crippen molar-refractivity contribution < 1.29 is 8.42 Å². The maximum absolute atomic E-state index is 11.6. The van der Waals surface area contributed by atoms with Crippen LogP contribution in [0.3, 0.4) is 0 Å². The van der Waals surface area contributed by atoms with E-state index in [9.17, 15) is 8.42 Å². The molecule has 0 bridgehead atoms. The summed E-state index contributed by atoms with van der Waals surface area (Å²) in [5, 5.41) is 6.85. The number of nitrogens with zero attached hydrogens (tertiary/aromatic N) is 2. The zero-order chi connectivity index (χ0) is 19.3. The molecule has 0 saturated carbocycles. The van der Waals surface area contributed by atoms with Gasteiger partial charge in [0.15, 0.2) is 15.8 Å². The number of aliphatic imine (C=N–C) groups is 1. The first-order valence-corrected chi connectivity index (χ1v) is 11.7. The Morgan fingerprint density at radius 1 is 1.26 bits per heavy atom. The van der Waals surface area contributed by atoms with Crippen molar-refractivity contribution >= 4 is 15.8 Å². The van der Waals surface area contributed by atoms with Gasteiger partial charge in [-0.15, -0.1) is 0 Å². The van der Waals surface area contributed by atoms with E-state index in [1.807, 2.05) is 0 Å². The van der Waals surface area contributed by atoms with Gasteiger partial charge >= 0.3 is 0 Å². The molecule has 2 aliphatic rings. The van der Waals surface area contributed by atoms with Gasteiger partial charge in [-0.1, -0.05) is 30.3 Å².